The van der Waals surface area contributed by atoms with Crippen LogP contribution in [0.1, 0.15) is 33.6 Å². The maximum absolute atomic E-state index is 6.11. The number of piperidine rings is 1. The second-order valence-electron chi connectivity index (χ2n) is 6.76. The molecule has 0 aromatic rings. The fourth-order valence-electron chi connectivity index (χ4n) is 2.93. The van der Waals surface area contributed by atoms with Crippen LogP contribution >= 0.6 is 24.0 Å². The van der Waals surface area contributed by atoms with Gasteiger partial charge < -0.3 is 15.4 Å². The molecule has 0 saturated carbocycles. The van der Waals surface area contributed by atoms with Crippen molar-refractivity contribution in [3.8, 4) is 0 Å². The van der Waals surface area contributed by atoms with E-state index in [9.17, 15) is 0 Å². The van der Waals surface area contributed by atoms with E-state index in [2.05, 4.69) is 35.6 Å². The van der Waals surface area contributed by atoms with Crippen LogP contribution in [0.2, 0.25) is 0 Å². The van der Waals surface area contributed by atoms with Crippen molar-refractivity contribution in [2.24, 2.45) is 16.6 Å². The number of hydrogen-bond acceptors (Lipinski definition) is 3. The molecular formula is C15H31IN4O. The molecule has 0 spiro atoms. The third-order valence-electron chi connectivity index (χ3n) is 4.57. The number of halogens is 1. The molecule has 2 aliphatic heterocycles. The van der Waals surface area contributed by atoms with Gasteiger partial charge in [0.25, 0.3) is 0 Å². The molecule has 2 heterocycles. The Hall–Kier alpha value is -0.0800. The quantitative estimate of drug-likeness (QED) is 0.438. The van der Waals surface area contributed by atoms with Crippen molar-refractivity contribution in [3.05, 3.63) is 0 Å². The Morgan fingerprint density at radius 1 is 1.29 bits per heavy atom. The van der Waals surface area contributed by atoms with Gasteiger partial charge in [-0.05, 0) is 32.6 Å². The standard InChI is InChI=1S/C15H30N4O.HI/c1-13-4-7-18(8-5-13)14(16)17-6-9-19-10-11-20-12-15(19,2)3;/h13H,4-12H2,1-3H3,(H2,16,17);1H. The number of likely N-dealkylation sites (tertiary alicyclic amines) is 1. The van der Waals surface area contributed by atoms with Crippen molar-refractivity contribution in [2.75, 3.05) is 45.9 Å². The molecule has 0 bridgehead atoms. The smallest absolute Gasteiger partial charge is 0.191 e. The molecule has 0 amide bonds. The molecule has 0 atom stereocenters. The van der Waals surface area contributed by atoms with Crippen LogP contribution in [0.15, 0.2) is 4.99 Å². The summed E-state index contributed by atoms with van der Waals surface area (Å²) in [5, 5.41) is 0. The monoisotopic (exact) mass is 410 g/mol. The zero-order chi connectivity index (χ0) is 14.6. The second-order valence-corrected chi connectivity index (χ2v) is 6.76. The molecule has 124 valence electrons. The van der Waals surface area contributed by atoms with Crippen LogP contribution in [-0.2, 0) is 4.74 Å². The summed E-state index contributed by atoms with van der Waals surface area (Å²) in [5.41, 5.74) is 6.22. The predicted octanol–water partition coefficient (Wildman–Crippen LogP) is 1.76. The number of morpholine rings is 1. The van der Waals surface area contributed by atoms with Crippen LogP contribution in [0, 0.1) is 5.92 Å². The Labute approximate surface area is 146 Å². The van der Waals surface area contributed by atoms with E-state index in [1.54, 1.807) is 0 Å². The van der Waals surface area contributed by atoms with Gasteiger partial charge in [-0.3, -0.25) is 9.89 Å². The molecule has 2 fully saturated rings. The molecule has 2 rings (SSSR count). The van der Waals surface area contributed by atoms with E-state index in [1.807, 2.05) is 0 Å². The second kappa shape index (κ2) is 8.53. The maximum Gasteiger partial charge on any atom is 0.191 e. The average Bonchev–Trinajstić information content (AvgIpc) is 2.41. The van der Waals surface area contributed by atoms with Crippen molar-refractivity contribution in [1.29, 1.82) is 0 Å². The van der Waals surface area contributed by atoms with E-state index in [-0.39, 0.29) is 29.5 Å². The van der Waals surface area contributed by atoms with Crippen molar-refractivity contribution >= 4 is 29.9 Å². The van der Waals surface area contributed by atoms with Gasteiger partial charge in [0.1, 0.15) is 0 Å². The lowest BCUT2D eigenvalue weighted by Crippen LogP contribution is -2.53. The minimum absolute atomic E-state index is 0. The Bertz CT molecular complexity index is 341. The molecule has 0 unspecified atom stereocenters. The van der Waals surface area contributed by atoms with Crippen molar-refractivity contribution < 1.29 is 4.74 Å². The van der Waals surface area contributed by atoms with E-state index in [0.717, 1.165) is 57.8 Å². The van der Waals surface area contributed by atoms with E-state index >= 15 is 0 Å². The highest BCUT2D eigenvalue weighted by Crippen LogP contribution is 2.18. The number of nitrogens with zero attached hydrogens (tertiary/aromatic N) is 3. The van der Waals surface area contributed by atoms with Crippen LogP contribution in [0.3, 0.4) is 0 Å². The van der Waals surface area contributed by atoms with Crippen molar-refractivity contribution in [1.82, 2.24) is 9.80 Å². The van der Waals surface area contributed by atoms with Gasteiger partial charge in [-0.15, -0.1) is 24.0 Å². The van der Waals surface area contributed by atoms with Crippen LogP contribution in [0.4, 0.5) is 0 Å². The molecule has 2 N–H and O–H groups in total. The molecule has 0 aromatic carbocycles. The fraction of sp³-hybridized carbons (Fsp3) is 0.933. The number of ether oxygens (including phenoxy) is 1. The lowest BCUT2D eigenvalue weighted by atomic mass is 10.00. The van der Waals surface area contributed by atoms with E-state index in [0.29, 0.717) is 0 Å². The van der Waals surface area contributed by atoms with Gasteiger partial charge in [-0.25, -0.2) is 0 Å². The first-order chi connectivity index (χ1) is 9.49. The highest BCUT2D eigenvalue weighted by Gasteiger charge is 2.29. The Morgan fingerprint density at radius 3 is 2.57 bits per heavy atom. The number of hydrogen-bond donors (Lipinski definition) is 1. The van der Waals surface area contributed by atoms with Gasteiger partial charge in [0, 0.05) is 31.7 Å². The third-order valence-corrected chi connectivity index (χ3v) is 4.57. The summed E-state index contributed by atoms with van der Waals surface area (Å²) >= 11 is 0. The van der Waals surface area contributed by atoms with Gasteiger partial charge in [0.15, 0.2) is 5.96 Å². The van der Waals surface area contributed by atoms with Gasteiger partial charge in [-0.2, -0.15) is 0 Å². The van der Waals surface area contributed by atoms with Gasteiger partial charge in [-0.1, -0.05) is 6.92 Å². The summed E-state index contributed by atoms with van der Waals surface area (Å²) in [6.45, 7) is 13.2. The van der Waals surface area contributed by atoms with Gasteiger partial charge in [0.2, 0.25) is 0 Å². The minimum atomic E-state index is 0. The zero-order valence-electron chi connectivity index (χ0n) is 13.7. The normalized spacial score (nSPS) is 24.7. The predicted molar refractivity (Wildman–Crippen MR) is 98.3 cm³/mol. The van der Waals surface area contributed by atoms with Crippen LogP contribution in [0.25, 0.3) is 0 Å². The van der Waals surface area contributed by atoms with E-state index < -0.39 is 0 Å². The summed E-state index contributed by atoms with van der Waals surface area (Å²) in [7, 11) is 0. The number of aliphatic imine (C=N–C) groups is 1. The molecule has 21 heavy (non-hydrogen) atoms. The Morgan fingerprint density at radius 2 is 1.95 bits per heavy atom. The largest absolute Gasteiger partial charge is 0.378 e. The highest BCUT2D eigenvalue weighted by atomic mass is 127. The zero-order valence-corrected chi connectivity index (χ0v) is 16.0. The Balaban J connectivity index is 0.00000220. The molecule has 2 aliphatic rings. The number of guanidine groups is 1. The van der Waals surface area contributed by atoms with E-state index in [4.69, 9.17) is 10.5 Å². The summed E-state index contributed by atoms with van der Waals surface area (Å²) in [5.74, 6) is 1.55. The summed E-state index contributed by atoms with van der Waals surface area (Å²) in [6, 6.07) is 0. The topological polar surface area (TPSA) is 54.1 Å². The SMILES string of the molecule is CC1CCN(C(N)=NCCN2CCOCC2(C)C)CC1.I. The number of rotatable bonds is 3. The minimum Gasteiger partial charge on any atom is -0.378 e. The van der Waals surface area contributed by atoms with Crippen molar-refractivity contribution in [3.63, 3.8) is 0 Å². The highest BCUT2D eigenvalue weighted by molar-refractivity contribution is 14.0. The molecule has 0 aliphatic carbocycles. The third kappa shape index (κ3) is 5.56. The van der Waals surface area contributed by atoms with E-state index in [1.165, 1.54) is 12.8 Å². The molecule has 6 heteroatoms. The first kappa shape index (κ1) is 19.0. The molecule has 5 nitrogen and oxygen atoms in total. The van der Waals surface area contributed by atoms with Crippen LogP contribution < -0.4 is 5.73 Å². The average molecular weight is 410 g/mol. The lowest BCUT2D eigenvalue weighted by molar-refractivity contribution is -0.0491. The molecule has 0 radical (unpaired) electrons. The first-order valence-electron chi connectivity index (χ1n) is 7.87. The summed E-state index contributed by atoms with van der Waals surface area (Å²) < 4.78 is 5.54. The first-order valence-corrected chi connectivity index (χ1v) is 7.87. The van der Waals surface area contributed by atoms with Gasteiger partial charge >= 0.3 is 0 Å². The van der Waals surface area contributed by atoms with Crippen LogP contribution in [0.5, 0.6) is 0 Å². The molecule has 0 aromatic heterocycles. The number of nitrogens with two attached hydrogens (primary N) is 1. The van der Waals surface area contributed by atoms with Crippen LogP contribution in [-0.4, -0.2) is 67.2 Å². The fourth-order valence-corrected chi connectivity index (χ4v) is 2.93. The maximum atomic E-state index is 6.11. The summed E-state index contributed by atoms with van der Waals surface area (Å²) in [6.07, 6.45) is 2.46. The van der Waals surface area contributed by atoms with Crippen molar-refractivity contribution in [2.45, 2.75) is 39.2 Å². The van der Waals surface area contributed by atoms with Gasteiger partial charge in [0.05, 0.1) is 19.8 Å². The molecule has 2 saturated heterocycles. The lowest BCUT2D eigenvalue weighted by Gasteiger charge is -2.41. The summed E-state index contributed by atoms with van der Waals surface area (Å²) in [4.78, 5) is 9.25. The Kier molecular flexibility index (Phi) is 7.70. The molecular weight excluding hydrogens is 379 g/mol.